The van der Waals surface area contributed by atoms with Crippen LogP contribution in [0.4, 0.5) is 0 Å². The molecule has 0 aromatic carbocycles. The molecular formula is C9H10O3. The molecule has 12 heavy (non-hydrogen) atoms. The first-order valence-corrected chi connectivity index (χ1v) is 4.12. The lowest BCUT2D eigenvalue weighted by molar-refractivity contribution is -0.153. The number of carbonyl (C=O) groups excluding carboxylic acids is 2. The molecule has 1 fully saturated rings. The van der Waals surface area contributed by atoms with Crippen LogP contribution in [0, 0.1) is 17.8 Å². The summed E-state index contributed by atoms with van der Waals surface area (Å²) < 4.78 is 4.56. The van der Waals surface area contributed by atoms with Gasteiger partial charge in [-0.1, -0.05) is 19.1 Å². The van der Waals surface area contributed by atoms with Gasteiger partial charge in [0.2, 0.25) is 0 Å². The van der Waals surface area contributed by atoms with Crippen LogP contribution in [0.25, 0.3) is 0 Å². The zero-order chi connectivity index (χ0) is 8.72. The SMILES string of the molecule is C[C@@H]1C=CC[C@H]2C(=O)OC(=O)[C@@H]12. The van der Waals surface area contributed by atoms with Crippen molar-refractivity contribution >= 4 is 11.9 Å². The fraction of sp³-hybridized carbons (Fsp3) is 0.556. The minimum absolute atomic E-state index is 0.141. The molecule has 0 aromatic rings. The van der Waals surface area contributed by atoms with Gasteiger partial charge in [0.1, 0.15) is 0 Å². The quantitative estimate of drug-likeness (QED) is 0.305. The second-order valence-electron chi connectivity index (χ2n) is 3.40. The molecule has 1 heterocycles. The van der Waals surface area contributed by atoms with Gasteiger partial charge in [-0.25, -0.2) is 0 Å². The summed E-state index contributed by atoms with van der Waals surface area (Å²) in [6.07, 6.45) is 4.58. The van der Waals surface area contributed by atoms with Crippen molar-refractivity contribution in [2.45, 2.75) is 13.3 Å². The first kappa shape index (κ1) is 7.53. The van der Waals surface area contributed by atoms with Crippen molar-refractivity contribution in [3.05, 3.63) is 12.2 Å². The van der Waals surface area contributed by atoms with E-state index in [-0.39, 0.29) is 29.7 Å². The summed E-state index contributed by atoms with van der Waals surface area (Å²) in [5.74, 6) is -0.981. The van der Waals surface area contributed by atoms with Crippen LogP contribution >= 0.6 is 0 Å². The predicted octanol–water partition coefficient (Wildman–Crippen LogP) is 0.898. The van der Waals surface area contributed by atoms with E-state index < -0.39 is 0 Å². The first-order valence-electron chi connectivity index (χ1n) is 4.12. The third-order valence-corrected chi connectivity index (χ3v) is 2.61. The molecule has 0 bridgehead atoms. The van der Waals surface area contributed by atoms with E-state index >= 15 is 0 Å². The highest BCUT2D eigenvalue weighted by Crippen LogP contribution is 2.36. The molecule has 0 N–H and O–H groups in total. The molecular weight excluding hydrogens is 156 g/mol. The molecule has 1 saturated heterocycles. The van der Waals surface area contributed by atoms with Crippen molar-refractivity contribution < 1.29 is 14.3 Å². The smallest absolute Gasteiger partial charge is 0.318 e. The molecule has 2 rings (SSSR count). The molecule has 0 spiro atoms. The van der Waals surface area contributed by atoms with Crippen molar-refractivity contribution in [2.75, 3.05) is 0 Å². The van der Waals surface area contributed by atoms with Crippen LogP contribution in [0.15, 0.2) is 12.2 Å². The maximum atomic E-state index is 11.2. The molecule has 3 heteroatoms. The van der Waals surface area contributed by atoms with Crippen LogP contribution in [0.2, 0.25) is 0 Å². The van der Waals surface area contributed by atoms with E-state index in [2.05, 4.69) is 4.74 Å². The lowest BCUT2D eigenvalue weighted by Crippen LogP contribution is -2.25. The molecule has 0 radical (unpaired) electrons. The Balaban J connectivity index is 2.32. The highest BCUT2D eigenvalue weighted by molar-refractivity contribution is 5.97. The number of allylic oxidation sites excluding steroid dienone is 2. The summed E-state index contributed by atoms with van der Waals surface area (Å²) >= 11 is 0. The van der Waals surface area contributed by atoms with Gasteiger partial charge in [0, 0.05) is 0 Å². The van der Waals surface area contributed by atoms with Gasteiger partial charge in [-0.2, -0.15) is 0 Å². The summed E-state index contributed by atoms with van der Waals surface area (Å²) in [4.78, 5) is 22.2. The Labute approximate surface area is 70.4 Å². The summed E-state index contributed by atoms with van der Waals surface area (Å²) in [6.45, 7) is 1.94. The number of ether oxygens (including phenoxy) is 1. The fourth-order valence-electron chi connectivity index (χ4n) is 1.94. The van der Waals surface area contributed by atoms with E-state index in [1.807, 2.05) is 19.1 Å². The average Bonchev–Trinajstić information content (AvgIpc) is 2.29. The number of cyclic esters (lactones) is 2. The monoisotopic (exact) mass is 166 g/mol. The summed E-state index contributed by atoms with van der Waals surface area (Å²) in [5, 5.41) is 0. The van der Waals surface area contributed by atoms with Crippen molar-refractivity contribution in [3.8, 4) is 0 Å². The maximum Gasteiger partial charge on any atom is 0.318 e. The van der Waals surface area contributed by atoms with Gasteiger partial charge in [0.25, 0.3) is 0 Å². The van der Waals surface area contributed by atoms with Crippen molar-refractivity contribution in [1.82, 2.24) is 0 Å². The number of carbonyl (C=O) groups is 2. The van der Waals surface area contributed by atoms with Crippen molar-refractivity contribution in [1.29, 1.82) is 0 Å². The lowest BCUT2D eigenvalue weighted by Gasteiger charge is -2.20. The minimum Gasteiger partial charge on any atom is -0.393 e. The lowest BCUT2D eigenvalue weighted by atomic mass is 9.78. The number of esters is 2. The zero-order valence-electron chi connectivity index (χ0n) is 6.82. The molecule has 1 aliphatic carbocycles. The van der Waals surface area contributed by atoms with E-state index in [1.165, 1.54) is 0 Å². The van der Waals surface area contributed by atoms with Crippen LogP contribution in [-0.4, -0.2) is 11.9 Å². The van der Waals surface area contributed by atoms with Gasteiger partial charge in [-0.05, 0) is 12.3 Å². The second-order valence-corrected chi connectivity index (χ2v) is 3.40. The van der Waals surface area contributed by atoms with Crippen LogP contribution < -0.4 is 0 Å². The molecule has 0 unspecified atom stereocenters. The number of fused-ring (bicyclic) bond motifs is 1. The highest BCUT2D eigenvalue weighted by Gasteiger charge is 2.46. The molecule has 1 aliphatic heterocycles. The highest BCUT2D eigenvalue weighted by atomic mass is 16.6. The van der Waals surface area contributed by atoms with E-state index in [1.54, 1.807) is 0 Å². The fourth-order valence-corrected chi connectivity index (χ4v) is 1.94. The van der Waals surface area contributed by atoms with Crippen molar-refractivity contribution in [3.63, 3.8) is 0 Å². The Hall–Kier alpha value is -1.12. The number of rotatable bonds is 0. The van der Waals surface area contributed by atoms with Crippen LogP contribution in [-0.2, 0) is 14.3 Å². The number of hydrogen-bond donors (Lipinski definition) is 0. The predicted molar refractivity (Wildman–Crippen MR) is 41.0 cm³/mol. The third kappa shape index (κ3) is 0.891. The van der Waals surface area contributed by atoms with Gasteiger partial charge in [-0.3, -0.25) is 9.59 Å². The van der Waals surface area contributed by atoms with Gasteiger partial charge < -0.3 is 4.74 Å². The van der Waals surface area contributed by atoms with Crippen molar-refractivity contribution in [2.24, 2.45) is 17.8 Å². The van der Waals surface area contributed by atoms with E-state index in [4.69, 9.17) is 0 Å². The minimum atomic E-state index is -0.346. The standard InChI is InChI=1S/C9H10O3/c1-5-3-2-4-6-7(5)9(11)12-8(6)10/h2-3,5-7H,4H2,1H3/t5-,6-,7+/m1/s1. The van der Waals surface area contributed by atoms with E-state index in [0.717, 1.165) is 0 Å². The Morgan fingerprint density at radius 2 is 2.17 bits per heavy atom. The summed E-state index contributed by atoms with van der Waals surface area (Å²) in [5.41, 5.74) is 0. The van der Waals surface area contributed by atoms with Crippen LogP contribution in [0.5, 0.6) is 0 Å². The molecule has 2 aliphatic rings. The number of hydrogen-bond acceptors (Lipinski definition) is 3. The average molecular weight is 166 g/mol. The Bertz CT molecular complexity index is 267. The largest absolute Gasteiger partial charge is 0.393 e. The van der Waals surface area contributed by atoms with Gasteiger partial charge in [0.05, 0.1) is 11.8 Å². The Morgan fingerprint density at radius 1 is 1.42 bits per heavy atom. The second kappa shape index (κ2) is 2.44. The van der Waals surface area contributed by atoms with Gasteiger partial charge >= 0.3 is 11.9 Å². The molecule has 64 valence electrons. The molecule has 0 saturated carbocycles. The topological polar surface area (TPSA) is 43.4 Å². The Morgan fingerprint density at radius 3 is 2.83 bits per heavy atom. The molecule has 3 nitrogen and oxygen atoms in total. The maximum absolute atomic E-state index is 11.2. The zero-order valence-corrected chi connectivity index (χ0v) is 6.82. The van der Waals surface area contributed by atoms with E-state index in [9.17, 15) is 9.59 Å². The molecule has 3 atom stereocenters. The van der Waals surface area contributed by atoms with Gasteiger partial charge in [0.15, 0.2) is 0 Å². The Kier molecular flexibility index (Phi) is 1.53. The third-order valence-electron chi connectivity index (χ3n) is 2.61. The first-order chi connectivity index (χ1) is 5.70. The van der Waals surface area contributed by atoms with E-state index in [0.29, 0.717) is 6.42 Å². The normalized spacial score (nSPS) is 39.6. The van der Waals surface area contributed by atoms with Crippen LogP contribution in [0.3, 0.4) is 0 Å². The molecule has 0 amide bonds. The van der Waals surface area contributed by atoms with Gasteiger partial charge in [-0.15, -0.1) is 0 Å². The summed E-state index contributed by atoms with van der Waals surface area (Å²) in [6, 6.07) is 0. The molecule has 0 aromatic heterocycles. The summed E-state index contributed by atoms with van der Waals surface area (Å²) in [7, 11) is 0. The van der Waals surface area contributed by atoms with Crippen LogP contribution in [0.1, 0.15) is 13.3 Å².